The van der Waals surface area contributed by atoms with Crippen LogP contribution in [0.3, 0.4) is 0 Å². The molecule has 1 heterocycles. The van der Waals surface area contributed by atoms with Crippen molar-refractivity contribution in [3.63, 3.8) is 0 Å². The van der Waals surface area contributed by atoms with Gasteiger partial charge in [-0.05, 0) is 73.4 Å². The van der Waals surface area contributed by atoms with E-state index in [2.05, 4.69) is 18.7 Å². The van der Waals surface area contributed by atoms with Crippen molar-refractivity contribution in [1.29, 1.82) is 0 Å². The van der Waals surface area contributed by atoms with Gasteiger partial charge in [-0.3, -0.25) is 4.90 Å². The summed E-state index contributed by atoms with van der Waals surface area (Å²) in [7, 11) is 0. The maximum atomic E-state index is 13.2. The molecule has 0 unspecified atom stereocenters. The molecule has 9 heteroatoms. The highest BCUT2D eigenvalue weighted by Crippen LogP contribution is 2.44. The van der Waals surface area contributed by atoms with Crippen LogP contribution in [0.15, 0.2) is 59.7 Å². The lowest BCUT2D eigenvalue weighted by Crippen LogP contribution is -2.38. The van der Waals surface area contributed by atoms with Crippen LogP contribution in [-0.2, 0) is 17.1 Å². The van der Waals surface area contributed by atoms with Crippen LogP contribution in [0.5, 0.6) is 0 Å². The average Bonchev–Trinajstić information content (AvgIpc) is 2.84. The van der Waals surface area contributed by atoms with Gasteiger partial charge in [-0.25, -0.2) is 4.79 Å². The molecule has 1 aliphatic heterocycles. The minimum atomic E-state index is -4.49. The Balaban J connectivity index is 2.08. The molecule has 38 heavy (non-hydrogen) atoms. The second kappa shape index (κ2) is 11.9. The molecule has 0 aromatic heterocycles. The Labute approximate surface area is 219 Å². The molecule has 0 spiro atoms. The largest absolute Gasteiger partial charge is 0.478 e. The summed E-state index contributed by atoms with van der Waals surface area (Å²) in [6, 6.07) is 9.21. The Morgan fingerprint density at radius 1 is 0.921 bits per heavy atom. The smallest absolute Gasteiger partial charge is 0.416 e. The molecule has 1 saturated heterocycles. The topological polar surface area (TPSA) is 40.5 Å². The number of carboxylic acids is 1. The molecule has 0 bridgehead atoms. The van der Waals surface area contributed by atoms with Gasteiger partial charge in [0.2, 0.25) is 0 Å². The average molecular weight is 542 g/mol. The first-order valence-corrected chi connectivity index (χ1v) is 12.8. The van der Waals surface area contributed by atoms with Crippen molar-refractivity contribution in [3.8, 4) is 0 Å². The number of benzene rings is 2. The predicted molar refractivity (Wildman–Crippen MR) is 133 cm³/mol. The van der Waals surface area contributed by atoms with Crippen molar-refractivity contribution in [3.05, 3.63) is 81.9 Å². The number of carboxylic acid groups (broad SMARTS) is 1. The van der Waals surface area contributed by atoms with E-state index in [0.717, 1.165) is 36.3 Å². The van der Waals surface area contributed by atoms with Crippen molar-refractivity contribution >= 4 is 5.97 Å². The number of hydrogen-bond acceptors (Lipinski definition) is 2. The van der Waals surface area contributed by atoms with E-state index in [4.69, 9.17) is 0 Å². The number of halogens is 6. The summed E-state index contributed by atoms with van der Waals surface area (Å²) in [4.78, 5) is 14.0. The van der Waals surface area contributed by atoms with Gasteiger partial charge >= 0.3 is 18.3 Å². The van der Waals surface area contributed by atoms with Crippen LogP contribution in [-0.4, -0.2) is 22.5 Å². The predicted octanol–water partition coefficient (Wildman–Crippen LogP) is 8.83. The minimum Gasteiger partial charge on any atom is -0.478 e. The zero-order valence-electron chi connectivity index (χ0n) is 21.7. The van der Waals surface area contributed by atoms with Crippen molar-refractivity contribution in [2.45, 2.75) is 77.3 Å². The monoisotopic (exact) mass is 541 g/mol. The molecule has 208 valence electrons. The molecule has 1 fully saturated rings. The fourth-order valence-electron chi connectivity index (χ4n) is 5.19. The van der Waals surface area contributed by atoms with Crippen LogP contribution < -0.4 is 0 Å². The number of likely N-dealkylation sites (tertiary alicyclic amines) is 1. The minimum absolute atomic E-state index is 0.288. The van der Waals surface area contributed by atoms with Crippen LogP contribution in [0.1, 0.15) is 87.2 Å². The van der Waals surface area contributed by atoms with E-state index < -0.39 is 35.5 Å². The van der Waals surface area contributed by atoms with E-state index in [0.29, 0.717) is 54.8 Å². The molecule has 0 aliphatic carbocycles. The van der Waals surface area contributed by atoms with Gasteiger partial charge in [0, 0.05) is 24.2 Å². The van der Waals surface area contributed by atoms with E-state index in [1.54, 1.807) is 6.92 Å². The van der Waals surface area contributed by atoms with E-state index in [9.17, 15) is 36.2 Å². The molecule has 1 aliphatic rings. The summed E-state index contributed by atoms with van der Waals surface area (Å²) in [5.41, 5.74) is 0.819. The van der Waals surface area contributed by atoms with Crippen LogP contribution in [0.25, 0.3) is 0 Å². The molecule has 0 amide bonds. The van der Waals surface area contributed by atoms with Crippen molar-refractivity contribution < 1.29 is 36.2 Å². The van der Waals surface area contributed by atoms with E-state index in [1.807, 2.05) is 0 Å². The SMILES string of the molecule is CCC(C(=O)O)=C1CCN([C@H](CCC(C)C)c2ccc(C(F)(F)F)cc2)[C@@H](c2ccc(C(F)(F)F)cc2)C1. The summed E-state index contributed by atoms with van der Waals surface area (Å²) in [6.07, 6.45) is -6.43. The van der Waals surface area contributed by atoms with Crippen LogP contribution in [0.4, 0.5) is 26.3 Å². The molecule has 3 rings (SSSR count). The lowest BCUT2D eigenvalue weighted by Gasteiger charge is -2.43. The highest BCUT2D eigenvalue weighted by molar-refractivity contribution is 5.87. The Kier molecular flexibility index (Phi) is 9.34. The third-order valence-corrected chi connectivity index (χ3v) is 7.21. The number of piperidine rings is 1. The molecular formula is C29H33F6NO2. The normalized spacial score (nSPS) is 19.5. The number of alkyl halides is 6. The molecule has 3 nitrogen and oxygen atoms in total. The molecule has 0 radical (unpaired) electrons. The first-order valence-electron chi connectivity index (χ1n) is 12.8. The third-order valence-electron chi connectivity index (χ3n) is 7.21. The summed E-state index contributed by atoms with van der Waals surface area (Å²) in [6.45, 7) is 6.29. The van der Waals surface area contributed by atoms with E-state index >= 15 is 0 Å². The molecule has 1 N–H and O–H groups in total. The molecule has 2 aromatic rings. The van der Waals surface area contributed by atoms with Crippen molar-refractivity contribution in [2.24, 2.45) is 5.92 Å². The number of carbonyl (C=O) groups is 1. The molecule has 2 atom stereocenters. The molecule has 0 saturated carbocycles. The maximum Gasteiger partial charge on any atom is 0.416 e. The van der Waals surface area contributed by atoms with Crippen LogP contribution >= 0.6 is 0 Å². The van der Waals surface area contributed by atoms with Gasteiger partial charge in [0.25, 0.3) is 0 Å². The van der Waals surface area contributed by atoms with Crippen LogP contribution in [0.2, 0.25) is 0 Å². The lowest BCUT2D eigenvalue weighted by molar-refractivity contribution is -0.138. The van der Waals surface area contributed by atoms with Gasteiger partial charge in [-0.1, -0.05) is 50.6 Å². The molecular weight excluding hydrogens is 508 g/mol. The number of nitrogens with zero attached hydrogens (tertiary/aromatic N) is 1. The highest BCUT2D eigenvalue weighted by Gasteiger charge is 2.36. The number of hydrogen-bond donors (Lipinski definition) is 1. The fraction of sp³-hybridized carbons (Fsp3) is 0.483. The van der Waals surface area contributed by atoms with Gasteiger partial charge in [-0.15, -0.1) is 0 Å². The van der Waals surface area contributed by atoms with Gasteiger partial charge in [-0.2, -0.15) is 26.3 Å². The van der Waals surface area contributed by atoms with Crippen LogP contribution in [0, 0.1) is 5.92 Å². The zero-order valence-corrected chi connectivity index (χ0v) is 21.7. The fourth-order valence-corrected chi connectivity index (χ4v) is 5.19. The highest BCUT2D eigenvalue weighted by atomic mass is 19.4. The first-order chi connectivity index (χ1) is 17.7. The zero-order chi connectivity index (χ0) is 28.3. The second-order valence-corrected chi connectivity index (χ2v) is 10.2. The Morgan fingerprint density at radius 3 is 1.89 bits per heavy atom. The second-order valence-electron chi connectivity index (χ2n) is 10.2. The Bertz CT molecular complexity index is 1120. The summed E-state index contributed by atoms with van der Waals surface area (Å²) in [5.74, 6) is -0.684. The van der Waals surface area contributed by atoms with Gasteiger partial charge < -0.3 is 5.11 Å². The Hall–Kier alpha value is -2.81. The maximum absolute atomic E-state index is 13.2. The third kappa shape index (κ3) is 7.18. The van der Waals surface area contributed by atoms with E-state index in [1.165, 1.54) is 24.3 Å². The summed E-state index contributed by atoms with van der Waals surface area (Å²) < 4.78 is 79.3. The first kappa shape index (κ1) is 29.7. The van der Waals surface area contributed by atoms with Gasteiger partial charge in [0.15, 0.2) is 0 Å². The Morgan fingerprint density at radius 2 is 1.45 bits per heavy atom. The lowest BCUT2D eigenvalue weighted by atomic mass is 9.84. The van der Waals surface area contributed by atoms with Crippen molar-refractivity contribution in [1.82, 2.24) is 4.90 Å². The van der Waals surface area contributed by atoms with Crippen molar-refractivity contribution in [2.75, 3.05) is 6.54 Å². The quantitative estimate of drug-likeness (QED) is 0.268. The molecule has 2 aromatic carbocycles. The summed E-state index contributed by atoms with van der Waals surface area (Å²) in [5, 5.41) is 9.71. The van der Waals surface area contributed by atoms with E-state index in [-0.39, 0.29) is 6.04 Å². The summed E-state index contributed by atoms with van der Waals surface area (Å²) >= 11 is 0. The van der Waals surface area contributed by atoms with Gasteiger partial charge in [0.1, 0.15) is 0 Å². The number of rotatable bonds is 8. The number of aliphatic carboxylic acids is 1. The van der Waals surface area contributed by atoms with Gasteiger partial charge in [0.05, 0.1) is 11.1 Å². The standard InChI is InChI=1S/C29H33F6NO2/c1-4-24(27(37)38)21-15-16-36(26(17-21)20-8-12-23(13-9-20)29(33,34)35)25(14-5-18(2)3)19-6-10-22(11-7-19)28(30,31)32/h6-13,18,25-26H,4-5,14-17H2,1-3H3,(H,37,38)/t25-,26-/m1/s1.